The number of rotatable bonds is 5. The summed E-state index contributed by atoms with van der Waals surface area (Å²) < 4.78 is 0.884. The second-order valence-electron chi connectivity index (χ2n) is 4.42. The second kappa shape index (κ2) is 7.20. The van der Waals surface area contributed by atoms with Gasteiger partial charge >= 0.3 is 0 Å². The van der Waals surface area contributed by atoms with Gasteiger partial charge in [0.25, 0.3) is 0 Å². The third-order valence-electron chi connectivity index (χ3n) is 2.81. The Hall–Kier alpha value is -2.18. The van der Waals surface area contributed by atoms with E-state index in [1.165, 1.54) is 11.8 Å². The molecule has 0 spiro atoms. The highest BCUT2D eigenvalue weighted by Crippen LogP contribution is 2.28. The number of pyridine rings is 1. The van der Waals surface area contributed by atoms with Crippen molar-refractivity contribution in [1.82, 2.24) is 9.97 Å². The van der Waals surface area contributed by atoms with Gasteiger partial charge in [-0.3, -0.25) is 4.79 Å². The summed E-state index contributed by atoms with van der Waals surface area (Å²) in [4.78, 5) is 20.5. The van der Waals surface area contributed by atoms with E-state index in [9.17, 15) is 4.79 Å². The summed E-state index contributed by atoms with van der Waals surface area (Å²) in [6, 6.07) is 15.4. The number of anilines is 1. The molecule has 0 fully saturated rings. The molecular formula is C16H13N3OS2. The van der Waals surface area contributed by atoms with Gasteiger partial charge < -0.3 is 5.32 Å². The Morgan fingerprint density at radius 3 is 2.73 bits per heavy atom. The molecule has 22 heavy (non-hydrogen) atoms. The smallest absolute Gasteiger partial charge is 0.235 e. The zero-order valence-corrected chi connectivity index (χ0v) is 13.2. The van der Waals surface area contributed by atoms with Crippen LogP contribution in [0.25, 0.3) is 11.3 Å². The highest BCUT2D eigenvalue weighted by Gasteiger charge is 2.08. The number of carbonyl (C=O) groups excluding carboxylic acids is 1. The van der Waals surface area contributed by atoms with E-state index in [-0.39, 0.29) is 5.91 Å². The summed E-state index contributed by atoms with van der Waals surface area (Å²) in [6.07, 6.45) is 1.65. The Bertz CT molecular complexity index is 744. The molecule has 0 atom stereocenters. The highest BCUT2D eigenvalue weighted by molar-refractivity contribution is 8.01. The SMILES string of the molecule is O=C(CSc1nc(-c2ccccc2)cs1)Nc1ccccn1. The lowest BCUT2D eigenvalue weighted by molar-refractivity contribution is -0.113. The molecule has 0 unspecified atom stereocenters. The number of hydrogen-bond donors (Lipinski definition) is 1. The molecule has 0 saturated heterocycles. The van der Waals surface area contributed by atoms with Crippen LogP contribution in [0.3, 0.4) is 0 Å². The van der Waals surface area contributed by atoms with Gasteiger partial charge in [0.05, 0.1) is 11.4 Å². The van der Waals surface area contributed by atoms with Crippen molar-refractivity contribution in [3.8, 4) is 11.3 Å². The molecule has 1 aromatic carbocycles. The van der Waals surface area contributed by atoms with Crippen molar-refractivity contribution in [3.05, 3.63) is 60.1 Å². The molecule has 0 saturated carbocycles. The molecule has 6 heteroatoms. The third-order valence-corrected chi connectivity index (χ3v) is 4.83. The molecule has 1 N–H and O–H groups in total. The van der Waals surface area contributed by atoms with Gasteiger partial charge in [-0.25, -0.2) is 9.97 Å². The van der Waals surface area contributed by atoms with Crippen LogP contribution in [0.2, 0.25) is 0 Å². The zero-order chi connectivity index (χ0) is 15.2. The maximum absolute atomic E-state index is 11.9. The monoisotopic (exact) mass is 327 g/mol. The fourth-order valence-electron chi connectivity index (χ4n) is 1.81. The van der Waals surface area contributed by atoms with E-state index < -0.39 is 0 Å². The van der Waals surface area contributed by atoms with Gasteiger partial charge in [0.2, 0.25) is 5.91 Å². The number of carbonyl (C=O) groups is 1. The first-order valence-electron chi connectivity index (χ1n) is 6.66. The lowest BCUT2D eigenvalue weighted by atomic mass is 10.2. The Labute approximate surface area is 136 Å². The van der Waals surface area contributed by atoms with Crippen LogP contribution in [0, 0.1) is 0 Å². The summed E-state index contributed by atoms with van der Waals surface area (Å²) >= 11 is 2.98. The molecular weight excluding hydrogens is 314 g/mol. The third kappa shape index (κ3) is 3.93. The molecule has 2 heterocycles. The molecule has 0 aliphatic rings. The molecule has 0 radical (unpaired) electrons. The van der Waals surface area contributed by atoms with E-state index in [0.29, 0.717) is 11.6 Å². The van der Waals surface area contributed by atoms with Crippen LogP contribution < -0.4 is 5.32 Å². The van der Waals surface area contributed by atoms with Gasteiger partial charge in [0.15, 0.2) is 4.34 Å². The van der Waals surface area contributed by atoms with Crippen molar-refractivity contribution in [2.45, 2.75) is 4.34 Å². The van der Waals surface area contributed by atoms with Crippen LogP contribution in [-0.4, -0.2) is 21.6 Å². The zero-order valence-electron chi connectivity index (χ0n) is 11.6. The number of amides is 1. The van der Waals surface area contributed by atoms with Gasteiger partial charge in [-0.05, 0) is 12.1 Å². The van der Waals surface area contributed by atoms with E-state index in [1.807, 2.05) is 47.8 Å². The van der Waals surface area contributed by atoms with Crippen molar-refractivity contribution in [2.75, 3.05) is 11.1 Å². The summed E-state index contributed by atoms with van der Waals surface area (Å²) in [5.74, 6) is 0.801. The summed E-state index contributed by atoms with van der Waals surface area (Å²) in [6.45, 7) is 0. The summed E-state index contributed by atoms with van der Waals surface area (Å²) in [7, 11) is 0. The van der Waals surface area contributed by atoms with E-state index in [4.69, 9.17) is 0 Å². The van der Waals surface area contributed by atoms with Crippen molar-refractivity contribution in [1.29, 1.82) is 0 Å². The van der Waals surface area contributed by atoms with Crippen molar-refractivity contribution in [2.24, 2.45) is 0 Å². The standard InChI is InChI=1S/C16H13N3OS2/c20-15(19-14-8-4-5-9-17-14)11-22-16-18-13(10-21-16)12-6-2-1-3-7-12/h1-10H,11H2,(H,17,19,20). The number of benzene rings is 1. The predicted molar refractivity (Wildman–Crippen MR) is 91.1 cm³/mol. The maximum Gasteiger partial charge on any atom is 0.235 e. The first-order valence-corrected chi connectivity index (χ1v) is 8.52. The molecule has 3 rings (SSSR count). The second-order valence-corrected chi connectivity index (χ2v) is 6.50. The average molecular weight is 327 g/mol. The minimum absolute atomic E-state index is 0.0832. The molecule has 110 valence electrons. The number of hydrogen-bond acceptors (Lipinski definition) is 5. The normalized spacial score (nSPS) is 10.4. The van der Waals surface area contributed by atoms with Gasteiger partial charge in [-0.15, -0.1) is 11.3 Å². The van der Waals surface area contributed by atoms with E-state index in [2.05, 4.69) is 15.3 Å². The largest absolute Gasteiger partial charge is 0.310 e. The van der Waals surface area contributed by atoms with E-state index in [1.54, 1.807) is 23.6 Å². The average Bonchev–Trinajstić information content (AvgIpc) is 3.04. The highest BCUT2D eigenvalue weighted by atomic mass is 32.2. The Morgan fingerprint density at radius 2 is 1.95 bits per heavy atom. The van der Waals surface area contributed by atoms with Gasteiger partial charge in [-0.2, -0.15) is 0 Å². The number of nitrogens with one attached hydrogen (secondary N) is 1. The Kier molecular flexibility index (Phi) is 4.82. The van der Waals surface area contributed by atoms with Crippen LogP contribution in [0.4, 0.5) is 5.82 Å². The van der Waals surface area contributed by atoms with Crippen molar-refractivity contribution < 1.29 is 4.79 Å². The fourth-order valence-corrected chi connectivity index (χ4v) is 3.44. The van der Waals surface area contributed by atoms with E-state index >= 15 is 0 Å². The molecule has 3 aromatic rings. The van der Waals surface area contributed by atoms with Crippen LogP contribution >= 0.6 is 23.1 Å². The lowest BCUT2D eigenvalue weighted by Gasteiger charge is -2.02. The molecule has 2 aromatic heterocycles. The number of nitrogens with zero attached hydrogens (tertiary/aromatic N) is 2. The predicted octanol–water partition coefficient (Wildman–Crippen LogP) is 3.94. The number of thioether (sulfide) groups is 1. The van der Waals surface area contributed by atoms with Gasteiger partial charge in [0.1, 0.15) is 5.82 Å². The Balaban J connectivity index is 1.56. The molecule has 0 aliphatic carbocycles. The van der Waals surface area contributed by atoms with Gasteiger partial charge in [0, 0.05) is 17.1 Å². The summed E-state index contributed by atoms with van der Waals surface area (Å²) in [5.41, 5.74) is 2.03. The van der Waals surface area contributed by atoms with Crippen LogP contribution in [0.5, 0.6) is 0 Å². The minimum atomic E-state index is -0.0832. The fraction of sp³-hybridized carbons (Fsp3) is 0.0625. The molecule has 0 aliphatic heterocycles. The topological polar surface area (TPSA) is 54.9 Å². The van der Waals surface area contributed by atoms with Crippen LogP contribution in [-0.2, 0) is 4.79 Å². The van der Waals surface area contributed by atoms with E-state index in [0.717, 1.165) is 15.6 Å². The quantitative estimate of drug-likeness (QED) is 0.721. The number of thiazole rings is 1. The van der Waals surface area contributed by atoms with Gasteiger partial charge in [-0.1, -0.05) is 48.2 Å². The van der Waals surface area contributed by atoms with Crippen LogP contribution in [0.1, 0.15) is 0 Å². The molecule has 1 amide bonds. The molecule has 0 bridgehead atoms. The van der Waals surface area contributed by atoms with Crippen LogP contribution in [0.15, 0.2) is 64.4 Å². The molecule has 4 nitrogen and oxygen atoms in total. The van der Waals surface area contributed by atoms with Crippen molar-refractivity contribution >= 4 is 34.8 Å². The maximum atomic E-state index is 11.9. The lowest BCUT2D eigenvalue weighted by Crippen LogP contribution is -2.14. The summed E-state index contributed by atoms with van der Waals surface area (Å²) in [5, 5.41) is 4.76. The van der Waals surface area contributed by atoms with Crippen molar-refractivity contribution in [3.63, 3.8) is 0 Å². The minimum Gasteiger partial charge on any atom is -0.310 e. The first-order chi connectivity index (χ1) is 10.8. The Morgan fingerprint density at radius 1 is 1.14 bits per heavy atom. The number of aromatic nitrogens is 2. The first kappa shape index (κ1) is 14.7.